The van der Waals surface area contributed by atoms with Gasteiger partial charge in [0.05, 0.1) is 26.1 Å². The Labute approximate surface area is 124 Å². The molecule has 0 aromatic heterocycles. The molecule has 1 aromatic carbocycles. The van der Waals surface area contributed by atoms with Gasteiger partial charge in [-0.1, -0.05) is 0 Å². The van der Waals surface area contributed by atoms with Gasteiger partial charge in [-0.3, -0.25) is 9.59 Å². The molecule has 2 unspecified atom stereocenters. The molecule has 1 fully saturated rings. The predicted molar refractivity (Wildman–Crippen MR) is 75.1 cm³/mol. The number of methoxy groups -OCH3 is 2. The minimum absolute atomic E-state index is 0.302. The maximum Gasteiger partial charge on any atom is 0.307 e. The second-order valence-corrected chi connectivity index (χ2v) is 5.26. The fourth-order valence-electron chi connectivity index (χ4n) is 1.93. The highest BCUT2D eigenvalue weighted by atomic mass is 79.9. The molecule has 2 atom stereocenters. The van der Waals surface area contributed by atoms with E-state index in [4.69, 9.17) is 14.6 Å². The molecule has 6 nitrogen and oxygen atoms in total. The lowest BCUT2D eigenvalue weighted by atomic mass is 10.2. The first-order valence-corrected chi connectivity index (χ1v) is 6.72. The monoisotopic (exact) mass is 343 g/mol. The molecule has 1 aliphatic rings. The quantitative estimate of drug-likeness (QED) is 0.855. The number of hydrogen-bond donors (Lipinski definition) is 2. The number of halogens is 1. The lowest BCUT2D eigenvalue weighted by molar-refractivity contribution is -0.139. The van der Waals surface area contributed by atoms with E-state index in [1.54, 1.807) is 12.1 Å². The van der Waals surface area contributed by atoms with Crippen LogP contribution in [0, 0.1) is 11.8 Å². The Morgan fingerprint density at radius 2 is 1.80 bits per heavy atom. The number of carboxylic acids is 1. The van der Waals surface area contributed by atoms with Crippen LogP contribution < -0.4 is 14.8 Å². The standard InChI is InChI=1S/C13H14BrNO5/c1-19-9-3-6(4-10(20-2)11(9)14)15-12(16)7-5-8(7)13(17)18/h3-4,7-8H,5H2,1-2H3,(H,15,16)(H,17,18). The predicted octanol–water partition coefficient (Wildman–Crippen LogP) is 2.13. The number of amides is 1. The Kier molecular flexibility index (Phi) is 4.17. The van der Waals surface area contributed by atoms with Crippen molar-refractivity contribution >= 4 is 33.5 Å². The molecule has 0 saturated heterocycles. The molecule has 2 rings (SSSR count). The number of hydrogen-bond acceptors (Lipinski definition) is 4. The first-order chi connectivity index (χ1) is 9.47. The molecule has 0 radical (unpaired) electrons. The van der Waals surface area contributed by atoms with Crippen LogP contribution in [-0.2, 0) is 9.59 Å². The molecular formula is C13H14BrNO5. The number of rotatable bonds is 5. The molecule has 1 aliphatic carbocycles. The Morgan fingerprint density at radius 1 is 1.25 bits per heavy atom. The second kappa shape index (κ2) is 5.70. The number of nitrogens with one attached hydrogen (secondary N) is 1. The summed E-state index contributed by atoms with van der Waals surface area (Å²) in [6, 6.07) is 3.28. The third-order valence-corrected chi connectivity index (χ3v) is 3.94. The van der Waals surface area contributed by atoms with Gasteiger partial charge in [0.1, 0.15) is 16.0 Å². The van der Waals surface area contributed by atoms with Crippen LogP contribution in [0.25, 0.3) is 0 Å². The maximum absolute atomic E-state index is 11.9. The third-order valence-electron chi connectivity index (χ3n) is 3.16. The maximum atomic E-state index is 11.9. The minimum atomic E-state index is -0.934. The average Bonchev–Trinajstić information content (AvgIpc) is 3.20. The van der Waals surface area contributed by atoms with Crippen molar-refractivity contribution in [1.82, 2.24) is 0 Å². The molecule has 108 valence electrons. The number of ether oxygens (including phenoxy) is 2. The fourth-order valence-corrected chi connectivity index (χ4v) is 2.49. The van der Waals surface area contributed by atoms with E-state index in [0.29, 0.717) is 28.1 Å². The molecule has 1 saturated carbocycles. The third kappa shape index (κ3) is 2.87. The zero-order valence-corrected chi connectivity index (χ0v) is 12.6. The summed E-state index contributed by atoms with van der Waals surface area (Å²) >= 11 is 3.33. The number of aliphatic carboxylic acids is 1. The molecule has 0 aliphatic heterocycles. The highest BCUT2D eigenvalue weighted by Crippen LogP contribution is 2.41. The van der Waals surface area contributed by atoms with Crippen LogP contribution in [0.4, 0.5) is 5.69 Å². The average molecular weight is 344 g/mol. The molecule has 20 heavy (non-hydrogen) atoms. The SMILES string of the molecule is COc1cc(NC(=O)C2CC2C(=O)O)cc(OC)c1Br. The normalized spacial score (nSPS) is 20.1. The molecule has 0 bridgehead atoms. The van der Waals surface area contributed by atoms with Crippen LogP contribution in [0.1, 0.15) is 6.42 Å². The molecule has 0 heterocycles. The molecule has 7 heteroatoms. The smallest absolute Gasteiger partial charge is 0.307 e. The summed E-state index contributed by atoms with van der Waals surface area (Å²) in [6.45, 7) is 0. The van der Waals surface area contributed by atoms with Crippen molar-refractivity contribution in [2.75, 3.05) is 19.5 Å². The van der Waals surface area contributed by atoms with Crippen molar-refractivity contribution in [3.63, 3.8) is 0 Å². The van der Waals surface area contributed by atoms with E-state index in [2.05, 4.69) is 21.2 Å². The van der Waals surface area contributed by atoms with Crippen molar-refractivity contribution < 1.29 is 24.2 Å². The summed E-state index contributed by atoms with van der Waals surface area (Å²) < 4.78 is 11.0. The highest BCUT2D eigenvalue weighted by molar-refractivity contribution is 9.10. The first-order valence-electron chi connectivity index (χ1n) is 5.93. The lowest BCUT2D eigenvalue weighted by Crippen LogP contribution is -2.16. The number of carboxylic acid groups (broad SMARTS) is 1. The van der Waals surface area contributed by atoms with Gasteiger partial charge in [0.15, 0.2) is 0 Å². The van der Waals surface area contributed by atoms with E-state index >= 15 is 0 Å². The van der Waals surface area contributed by atoms with Crippen molar-refractivity contribution in [2.45, 2.75) is 6.42 Å². The topological polar surface area (TPSA) is 84.9 Å². The van der Waals surface area contributed by atoms with E-state index in [1.165, 1.54) is 14.2 Å². The molecular weight excluding hydrogens is 330 g/mol. The van der Waals surface area contributed by atoms with Gasteiger partial charge < -0.3 is 19.9 Å². The van der Waals surface area contributed by atoms with Crippen LogP contribution in [0.5, 0.6) is 11.5 Å². The summed E-state index contributed by atoms with van der Waals surface area (Å²) in [5.41, 5.74) is 0.503. The van der Waals surface area contributed by atoms with Gasteiger partial charge in [-0.2, -0.15) is 0 Å². The summed E-state index contributed by atoms with van der Waals surface area (Å²) in [6.07, 6.45) is 0.381. The molecule has 0 spiro atoms. The molecule has 1 amide bonds. The van der Waals surface area contributed by atoms with Crippen LogP contribution in [0.15, 0.2) is 16.6 Å². The van der Waals surface area contributed by atoms with Crippen molar-refractivity contribution in [2.24, 2.45) is 11.8 Å². The van der Waals surface area contributed by atoms with Gasteiger partial charge in [0.25, 0.3) is 0 Å². The van der Waals surface area contributed by atoms with E-state index in [1.807, 2.05) is 0 Å². The summed E-state index contributed by atoms with van der Waals surface area (Å²) in [7, 11) is 3.01. The van der Waals surface area contributed by atoms with Gasteiger partial charge in [-0.05, 0) is 22.4 Å². The Hall–Kier alpha value is -1.76. The summed E-state index contributed by atoms with van der Waals surface area (Å²) in [5.74, 6) is -1.24. The van der Waals surface area contributed by atoms with E-state index in [-0.39, 0.29) is 5.91 Å². The van der Waals surface area contributed by atoms with E-state index < -0.39 is 17.8 Å². The number of carbonyl (C=O) groups is 2. The van der Waals surface area contributed by atoms with Crippen molar-refractivity contribution in [1.29, 1.82) is 0 Å². The summed E-state index contributed by atoms with van der Waals surface area (Å²) in [5, 5.41) is 11.5. The zero-order chi connectivity index (χ0) is 14.9. The number of anilines is 1. The minimum Gasteiger partial charge on any atom is -0.495 e. The van der Waals surface area contributed by atoms with Gasteiger partial charge in [0, 0.05) is 17.8 Å². The molecule has 1 aromatic rings. The largest absolute Gasteiger partial charge is 0.495 e. The van der Waals surface area contributed by atoms with Gasteiger partial charge in [-0.25, -0.2) is 0 Å². The molecule has 2 N–H and O–H groups in total. The Bertz CT molecular complexity index is 535. The Balaban J connectivity index is 2.14. The van der Waals surface area contributed by atoms with E-state index in [0.717, 1.165) is 0 Å². The Morgan fingerprint density at radius 3 is 2.20 bits per heavy atom. The zero-order valence-electron chi connectivity index (χ0n) is 11.0. The fraction of sp³-hybridized carbons (Fsp3) is 0.385. The second-order valence-electron chi connectivity index (χ2n) is 4.47. The highest BCUT2D eigenvalue weighted by Gasteiger charge is 2.48. The van der Waals surface area contributed by atoms with Crippen LogP contribution in [-0.4, -0.2) is 31.2 Å². The van der Waals surface area contributed by atoms with Gasteiger partial charge >= 0.3 is 5.97 Å². The van der Waals surface area contributed by atoms with E-state index in [9.17, 15) is 9.59 Å². The van der Waals surface area contributed by atoms with Gasteiger partial charge in [0.2, 0.25) is 5.91 Å². The number of benzene rings is 1. The summed E-state index contributed by atoms with van der Waals surface area (Å²) in [4.78, 5) is 22.7. The van der Waals surface area contributed by atoms with Crippen LogP contribution in [0.2, 0.25) is 0 Å². The van der Waals surface area contributed by atoms with Crippen molar-refractivity contribution in [3.8, 4) is 11.5 Å². The van der Waals surface area contributed by atoms with Crippen LogP contribution >= 0.6 is 15.9 Å². The van der Waals surface area contributed by atoms with Crippen molar-refractivity contribution in [3.05, 3.63) is 16.6 Å². The number of carbonyl (C=O) groups excluding carboxylic acids is 1. The lowest BCUT2D eigenvalue weighted by Gasteiger charge is -2.12. The van der Waals surface area contributed by atoms with Gasteiger partial charge in [-0.15, -0.1) is 0 Å². The van der Waals surface area contributed by atoms with Crippen LogP contribution in [0.3, 0.4) is 0 Å². The first kappa shape index (κ1) is 14.6.